The van der Waals surface area contributed by atoms with Crippen LogP contribution in [0.2, 0.25) is 30.7 Å². The van der Waals surface area contributed by atoms with Gasteiger partial charge in [0, 0.05) is 28.9 Å². The lowest BCUT2D eigenvalue weighted by atomic mass is 9.95. The van der Waals surface area contributed by atoms with Crippen LogP contribution in [-0.4, -0.2) is 193 Å². The second kappa shape index (κ2) is 42.2. The van der Waals surface area contributed by atoms with Crippen molar-refractivity contribution >= 4 is 213 Å². The maximum absolute atomic E-state index is 14.9. The van der Waals surface area contributed by atoms with Gasteiger partial charge in [-0.3, -0.25) is 23.4 Å². The number of aromatic nitrogens is 12. The number of alkyl halides is 5. The first-order valence-electron chi connectivity index (χ1n) is 36.4. The van der Waals surface area contributed by atoms with Crippen molar-refractivity contribution in [3.8, 4) is 0 Å². The van der Waals surface area contributed by atoms with Gasteiger partial charge in [0.05, 0.1) is 87.1 Å². The first kappa shape index (κ1) is 95.5. The summed E-state index contributed by atoms with van der Waals surface area (Å²) in [5.74, 6) is -8.01. The van der Waals surface area contributed by atoms with E-state index in [1.807, 2.05) is 20.8 Å². The van der Waals surface area contributed by atoms with Crippen molar-refractivity contribution in [3.05, 3.63) is 79.7 Å². The molecule has 0 amide bonds. The van der Waals surface area contributed by atoms with E-state index in [0.29, 0.717) is 72.0 Å². The number of anilines is 2. The van der Waals surface area contributed by atoms with Crippen molar-refractivity contribution < 1.29 is 84.6 Å². The van der Waals surface area contributed by atoms with Gasteiger partial charge in [-0.1, -0.05) is 158 Å². The number of nitrogens with zero attached hydrogens (tertiary/aromatic N) is 11. The Balaban J connectivity index is 0.000000163. The molecule has 7 fully saturated rings. The summed E-state index contributed by atoms with van der Waals surface area (Å²) in [6.07, 6.45) is 8.70. The molecule has 29 nitrogen and oxygen atoms in total. The van der Waals surface area contributed by atoms with Gasteiger partial charge in [0.25, 0.3) is 11.7 Å². The van der Waals surface area contributed by atoms with Gasteiger partial charge >= 0.3 is 15.2 Å². The maximum Gasteiger partial charge on any atom is 0.340 e. The molecule has 7 aliphatic rings. The van der Waals surface area contributed by atoms with Crippen molar-refractivity contribution in [3.63, 3.8) is 0 Å². The highest BCUT2D eigenvalue weighted by Crippen LogP contribution is 2.72. The van der Waals surface area contributed by atoms with E-state index >= 15 is 0 Å². The number of halogens is 15. The lowest BCUT2D eigenvalue weighted by Crippen LogP contribution is -2.31. The molecule has 4 saturated carbocycles. The SMILES string of the molecule is CC[C@H]1C[C@H](Br)[C@@H](F)[C@@H]1C.CC[C@H]1O[C@@H](n2ncc3c(Cl)cc(Cl)nc32)[C@@H](F)[C@@H]1C.Clc1cc(Cl)c2cn[nH]c2n1.NC1CCCC1.O=P(Cl)(Cl)CP(=O)(Cl)Cl.O=P(O)(O)CP(=O)(O)OC[C@H]1O[C@@H](n2ncc3c(NC4CCCC4)cc(Cl)nc32)[C@@H](F)[C@@H]1O.OC[C@H]1O[C@@H](n2ncc3c(NC4CCCC4)cc(Cl)nc32)[C@@H](F)[C@@H]1O. The molecule has 11 N–H and O–H groups in total. The number of aliphatic hydroxyl groups is 3. The highest BCUT2D eigenvalue weighted by molar-refractivity contribution is 9.09. The minimum Gasteiger partial charge on any atom is -0.394 e. The molecule has 17 atom stereocenters. The number of pyridine rings is 4. The number of rotatable bonds is 17. The fraction of sp³-hybridized carbons (Fsp3) is 0.636. The number of nitrogens with two attached hydrogens (primary N) is 1. The van der Waals surface area contributed by atoms with Crippen LogP contribution in [0.5, 0.6) is 0 Å². The molecule has 0 radical (unpaired) electrons. The molecule has 636 valence electrons. The third-order valence-electron chi connectivity index (χ3n) is 20.1. The molecular formula is C66H88BrCl10F4N15O14P4. The van der Waals surface area contributed by atoms with Gasteiger partial charge in [0.1, 0.15) is 57.1 Å². The van der Waals surface area contributed by atoms with Crippen LogP contribution in [0.1, 0.15) is 143 Å². The number of H-pyrrole nitrogens is 1. The van der Waals surface area contributed by atoms with E-state index in [1.165, 1.54) is 60.2 Å². The molecule has 0 spiro atoms. The van der Waals surface area contributed by atoms with Crippen molar-refractivity contribution in [2.45, 2.75) is 221 Å². The normalized spacial score (nSPS) is 27.9. The smallest absolute Gasteiger partial charge is 0.340 e. The van der Waals surface area contributed by atoms with E-state index in [4.69, 9.17) is 144 Å². The highest BCUT2D eigenvalue weighted by atomic mass is 79.9. The third kappa shape index (κ3) is 25.9. The van der Waals surface area contributed by atoms with E-state index in [1.54, 1.807) is 36.8 Å². The zero-order chi connectivity index (χ0) is 83.6. The number of aliphatic hydroxyl groups excluding tert-OH is 3. The fourth-order valence-corrected chi connectivity index (χ4v) is 27.9. The lowest BCUT2D eigenvalue weighted by Gasteiger charge is -2.18. The standard InChI is InChI=1S/C17H24ClFN4O8P2.C16H20ClFN4O3.C13H14Cl2FN3O.C8H14BrF.C6H3Cl2N3.C5H11N.CH2Cl4O2P2/c18-13-5-11(21-9-3-1-2-4-9)10-6-20-23(16(10)22-13)17-14(19)15(24)12(31-17)7-30-33(28,29)8-32(25,26)27;17-12-5-10(20-8-3-1-2-4-8)9-6-19-22(15(9)21-12)16-13(18)14(24)11(7-23)25-16;1-3-9-6(2)11(16)13(20-9)19-12-7(5-17-19)8(14)4-10(15)18-12;1-3-6-4-7(9)8(10)5(6)2;7-4-1-5(8)10-6-3(4)2-9-11-6;6-5-3-1-2-4-5;2-8(3,6)1-9(4,5)7/h5-6,9,12,14-15,17,24H,1-4,7-8H2,(H,21,22)(H,28,29)(H2,25,26,27);5-6,8,11,13-14,16,23-24H,1-4,7H2,(H,20,21);4-6,9,11,13H,3H2,1-2H3;5-8H,3-4H2,1-2H3;1-2H,(H,9,10,11);5H,1-4,6H2;1H2/t12-,14+,15-,17-;11-,13+,14-,16-;6-,9-,11+,13-;5-,6+,7+,8+;;;/m1111.../s1. The van der Waals surface area contributed by atoms with Crippen LogP contribution in [-0.2, 0) is 37.0 Å². The molecule has 4 aliphatic carbocycles. The van der Waals surface area contributed by atoms with Gasteiger partial charge in [-0.15, -0.1) is 0 Å². The van der Waals surface area contributed by atoms with Gasteiger partial charge in [-0.2, -0.15) is 20.4 Å². The number of aromatic amines is 1. The summed E-state index contributed by atoms with van der Waals surface area (Å²) < 4.78 is 126. The van der Waals surface area contributed by atoms with Crippen molar-refractivity contribution in [2.24, 2.45) is 23.5 Å². The molecule has 0 aromatic carbocycles. The minimum absolute atomic E-state index is 0.118. The number of nitrogens with one attached hydrogen (secondary N) is 3. The largest absolute Gasteiger partial charge is 0.394 e. The first-order chi connectivity index (χ1) is 53.6. The van der Waals surface area contributed by atoms with Gasteiger partial charge in [0.2, 0.25) is 0 Å². The Morgan fingerprint density at radius 1 is 0.570 bits per heavy atom. The fourth-order valence-electron chi connectivity index (χ4n) is 14.1. The van der Waals surface area contributed by atoms with Crippen molar-refractivity contribution in [1.82, 2.24) is 59.5 Å². The molecule has 15 rings (SSSR count). The molecule has 8 aromatic rings. The molecule has 114 heavy (non-hydrogen) atoms. The predicted molar refractivity (Wildman–Crippen MR) is 441 cm³/mol. The van der Waals surface area contributed by atoms with Crippen LogP contribution in [0.15, 0.2) is 49.1 Å². The Morgan fingerprint density at radius 3 is 1.39 bits per heavy atom. The van der Waals surface area contributed by atoms with Crippen LogP contribution in [0, 0.1) is 17.8 Å². The third-order valence-corrected chi connectivity index (χ3v) is 32.3. The molecule has 1 unspecified atom stereocenters. The zero-order valence-electron chi connectivity index (χ0n) is 61.4. The van der Waals surface area contributed by atoms with E-state index in [9.17, 15) is 56.0 Å². The molecule has 48 heteroatoms. The summed E-state index contributed by atoms with van der Waals surface area (Å²) >= 11 is 59.1. The lowest BCUT2D eigenvalue weighted by molar-refractivity contribution is -0.0505. The molecular weight excluding hydrogens is 1860 g/mol. The predicted octanol–water partition coefficient (Wildman–Crippen LogP) is 19.0. The maximum atomic E-state index is 14.9. The number of ether oxygens (including phenoxy) is 3. The summed E-state index contributed by atoms with van der Waals surface area (Å²) in [5, 5.41) is 59.9. The van der Waals surface area contributed by atoms with E-state index in [0.717, 1.165) is 73.5 Å². The summed E-state index contributed by atoms with van der Waals surface area (Å²) in [4.78, 5) is 44.1. The average Bonchev–Trinajstić information content (AvgIpc) is 1.62. The monoisotopic (exact) mass is 1940 g/mol. The zero-order valence-corrected chi connectivity index (χ0v) is 74.2. The topological polar surface area (TPSA) is 410 Å². The second-order valence-electron chi connectivity index (χ2n) is 28.5. The summed E-state index contributed by atoms with van der Waals surface area (Å²) in [6.45, 7) is 6.73. The highest BCUT2D eigenvalue weighted by Gasteiger charge is 2.49. The molecule has 3 aliphatic heterocycles. The molecule has 3 saturated heterocycles. The summed E-state index contributed by atoms with van der Waals surface area (Å²) in [6, 6.07) is 7.71. The Hall–Kier alpha value is -2.34. The van der Waals surface area contributed by atoms with E-state index < -0.39 is 120 Å². The second-order valence-corrected chi connectivity index (χ2v) is 47.0. The Kier molecular flexibility index (Phi) is 35.3. The number of fused-ring (bicyclic) bond motifs is 4. The Labute approximate surface area is 711 Å². The van der Waals surface area contributed by atoms with Gasteiger partial charge in [-0.05, 0) is 132 Å². The van der Waals surface area contributed by atoms with Crippen LogP contribution < -0.4 is 16.4 Å². The van der Waals surface area contributed by atoms with Gasteiger partial charge in [-0.25, -0.2) is 51.5 Å². The Morgan fingerprint density at radius 2 is 0.991 bits per heavy atom. The van der Waals surface area contributed by atoms with Gasteiger partial charge in [0.15, 0.2) is 65.7 Å². The Bertz CT molecular complexity index is 4690. The first-order valence-corrected chi connectivity index (χ1v) is 50.5. The van der Waals surface area contributed by atoms with Crippen LogP contribution in [0.4, 0.5) is 28.9 Å². The molecule has 8 aromatic heterocycles. The minimum atomic E-state index is -4.83. The average molecular weight is 1950 g/mol. The summed E-state index contributed by atoms with van der Waals surface area (Å²) in [5.41, 5.74) is 8.69. The van der Waals surface area contributed by atoms with Gasteiger partial charge < -0.3 is 65.1 Å². The van der Waals surface area contributed by atoms with Crippen LogP contribution >= 0.6 is 157 Å². The van der Waals surface area contributed by atoms with E-state index in [-0.39, 0.29) is 49.9 Å². The summed E-state index contributed by atoms with van der Waals surface area (Å²) in [7, 11) is -9.53. The molecule has 0 bridgehead atoms. The van der Waals surface area contributed by atoms with Crippen LogP contribution in [0.25, 0.3) is 44.1 Å². The van der Waals surface area contributed by atoms with Crippen molar-refractivity contribution in [2.75, 3.05) is 35.7 Å². The molecule has 11 heterocycles. The van der Waals surface area contributed by atoms with Crippen molar-refractivity contribution in [1.29, 1.82) is 0 Å². The number of hydrogen-bond donors (Lipinski definition) is 10. The quantitative estimate of drug-likeness (QED) is 0.0175. The van der Waals surface area contributed by atoms with E-state index in [2.05, 4.69) is 83.4 Å². The van der Waals surface area contributed by atoms with Crippen LogP contribution in [0.3, 0.4) is 0 Å². The number of hydrogen-bond acceptors (Lipinski definition) is 22.